The van der Waals surface area contributed by atoms with Crippen LogP contribution in [0.2, 0.25) is 0 Å². The van der Waals surface area contributed by atoms with Crippen LogP contribution in [0.15, 0.2) is 24.3 Å². The molecular weight excluding hydrogens is 202 g/mol. The number of hydrogen-bond acceptors (Lipinski definition) is 2. The van der Waals surface area contributed by atoms with Crippen LogP contribution in [0.3, 0.4) is 0 Å². The van der Waals surface area contributed by atoms with E-state index in [4.69, 9.17) is 4.74 Å². The van der Waals surface area contributed by atoms with Crippen LogP contribution < -0.4 is 10.1 Å². The predicted molar refractivity (Wildman–Crippen MR) is 60.4 cm³/mol. The highest BCUT2D eigenvalue weighted by Gasteiger charge is 2.31. The minimum Gasteiger partial charge on any atom is -0.493 e. The lowest BCUT2D eigenvalue weighted by atomic mass is 10.0. The first-order valence-corrected chi connectivity index (χ1v) is 5.84. The van der Waals surface area contributed by atoms with E-state index < -0.39 is 0 Å². The average Bonchev–Trinajstić information content (AvgIpc) is 3.08. The van der Waals surface area contributed by atoms with Crippen molar-refractivity contribution in [2.45, 2.75) is 18.8 Å². The van der Waals surface area contributed by atoms with Crippen molar-refractivity contribution in [2.24, 2.45) is 5.92 Å². The minimum absolute atomic E-state index is 0.212. The van der Waals surface area contributed by atoms with Gasteiger partial charge in [0.15, 0.2) is 0 Å². The van der Waals surface area contributed by atoms with E-state index in [1.165, 1.54) is 5.56 Å². The molecule has 0 bridgehead atoms. The normalized spacial score (nSPS) is 22.4. The molecule has 2 aliphatic rings. The van der Waals surface area contributed by atoms with Gasteiger partial charge in [-0.3, -0.25) is 4.79 Å². The van der Waals surface area contributed by atoms with E-state index >= 15 is 0 Å². The molecule has 1 heterocycles. The fraction of sp³-hybridized carbons (Fsp3) is 0.462. The van der Waals surface area contributed by atoms with Crippen LogP contribution in [0.1, 0.15) is 24.3 Å². The minimum atomic E-state index is 0.212. The Bertz CT molecular complexity index is 412. The Morgan fingerprint density at radius 2 is 2.19 bits per heavy atom. The lowest BCUT2D eigenvalue weighted by Crippen LogP contribution is -2.30. The van der Waals surface area contributed by atoms with Gasteiger partial charge < -0.3 is 10.1 Å². The Kier molecular flexibility index (Phi) is 2.31. The SMILES string of the molecule is O=C(NC[C@H]1COc2ccccc21)C1CC1. The summed E-state index contributed by atoms with van der Waals surface area (Å²) in [6.07, 6.45) is 2.12. The van der Waals surface area contributed by atoms with Crippen LogP contribution in [0, 0.1) is 5.92 Å². The molecule has 1 N–H and O–H groups in total. The molecule has 1 aromatic rings. The van der Waals surface area contributed by atoms with Crippen LogP contribution in [0.4, 0.5) is 0 Å². The van der Waals surface area contributed by atoms with Crippen molar-refractivity contribution in [3.8, 4) is 5.75 Å². The number of ether oxygens (including phenoxy) is 1. The van der Waals surface area contributed by atoms with E-state index in [1.807, 2.05) is 18.2 Å². The van der Waals surface area contributed by atoms with Crippen molar-refractivity contribution in [1.29, 1.82) is 0 Å². The van der Waals surface area contributed by atoms with E-state index in [1.54, 1.807) is 0 Å². The number of nitrogens with one attached hydrogen (secondary N) is 1. The number of benzene rings is 1. The molecule has 0 aromatic heterocycles. The summed E-state index contributed by atoms with van der Waals surface area (Å²) in [6.45, 7) is 1.39. The summed E-state index contributed by atoms with van der Waals surface area (Å²) in [7, 11) is 0. The lowest BCUT2D eigenvalue weighted by molar-refractivity contribution is -0.122. The zero-order valence-electron chi connectivity index (χ0n) is 9.11. The Morgan fingerprint density at radius 1 is 1.38 bits per heavy atom. The molecule has 0 unspecified atom stereocenters. The smallest absolute Gasteiger partial charge is 0.223 e. The van der Waals surface area contributed by atoms with Crippen molar-refractivity contribution < 1.29 is 9.53 Å². The van der Waals surface area contributed by atoms with Gasteiger partial charge in [0.05, 0.1) is 6.61 Å². The average molecular weight is 217 g/mol. The van der Waals surface area contributed by atoms with Gasteiger partial charge in [-0.25, -0.2) is 0 Å². The second-order valence-electron chi connectivity index (χ2n) is 4.57. The van der Waals surface area contributed by atoms with Crippen LogP contribution >= 0.6 is 0 Å². The summed E-state index contributed by atoms with van der Waals surface area (Å²) >= 11 is 0. The van der Waals surface area contributed by atoms with Gasteiger partial charge in [-0.2, -0.15) is 0 Å². The Labute approximate surface area is 94.8 Å². The first-order chi connectivity index (χ1) is 7.84. The molecule has 1 aliphatic carbocycles. The molecule has 0 spiro atoms. The topological polar surface area (TPSA) is 38.3 Å². The molecule has 3 rings (SSSR count). The van der Waals surface area contributed by atoms with Crippen molar-refractivity contribution in [3.05, 3.63) is 29.8 Å². The maximum atomic E-state index is 11.5. The number of rotatable bonds is 3. The summed E-state index contributed by atoms with van der Waals surface area (Å²) in [6, 6.07) is 8.06. The molecule has 3 heteroatoms. The third kappa shape index (κ3) is 1.77. The standard InChI is InChI=1S/C13H15NO2/c15-13(9-5-6-9)14-7-10-8-16-12-4-2-1-3-11(10)12/h1-4,9-10H,5-8H2,(H,14,15)/t10-/m0/s1. The second kappa shape index (κ2) is 3.81. The van der Waals surface area contributed by atoms with Gasteiger partial charge in [-0.05, 0) is 18.9 Å². The van der Waals surface area contributed by atoms with Crippen LogP contribution in [0.5, 0.6) is 5.75 Å². The highest BCUT2D eigenvalue weighted by molar-refractivity contribution is 5.80. The number of para-hydroxylation sites is 1. The van der Waals surface area contributed by atoms with Gasteiger partial charge in [0, 0.05) is 23.9 Å². The van der Waals surface area contributed by atoms with Gasteiger partial charge in [-0.15, -0.1) is 0 Å². The molecule has 16 heavy (non-hydrogen) atoms. The Hall–Kier alpha value is -1.51. The monoisotopic (exact) mass is 217 g/mol. The van der Waals surface area contributed by atoms with E-state index in [-0.39, 0.29) is 11.8 Å². The van der Waals surface area contributed by atoms with E-state index in [2.05, 4.69) is 11.4 Å². The third-order valence-corrected chi connectivity index (χ3v) is 3.27. The molecule has 84 valence electrons. The van der Waals surface area contributed by atoms with E-state index in [0.717, 1.165) is 18.6 Å². The Morgan fingerprint density at radius 3 is 3.00 bits per heavy atom. The molecular formula is C13H15NO2. The third-order valence-electron chi connectivity index (χ3n) is 3.27. The van der Waals surface area contributed by atoms with Gasteiger partial charge in [-0.1, -0.05) is 18.2 Å². The molecule has 0 saturated heterocycles. The van der Waals surface area contributed by atoms with Gasteiger partial charge in [0.1, 0.15) is 5.75 Å². The first-order valence-electron chi connectivity index (χ1n) is 5.84. The quantitative estimate of drug-likeness (QED) is 0.836. The fourth-order valence-corrected chi connectivity index (χ4v) is 2.11. The van der Waals surface area contributed by atoms with Gasteiger partial charge in [0.2, 0.25) is 5.91 Å². The number of amides is 1. The molecule has 1 atom stereocenters. The maximum Gasteiger partial charge on any atom is 0.223 e. The van der Waals surface area contributed by atoms with Crippen molar-refractivity contribution >= 4 is 5.91 Å². The lowest BCUT2D eigenvalue weighted by Gasteiger charge is -2.09. The predicted octanol–water partition coefficient (Wildman–Crippen LogP) is 1.69. The largest absolute Gasteiger partial charge is 0.493 e. The molecule has 3 nitrogen and oxygen atoms in total. The first kappa shape index (κ1) is 9.70. The van der Waals surface area contributed by atoms with Crippen LogP contribution in [-0.4, -0.2) is 19.1 Å². The zero-order chi connectivity index (χ0) is 11.0. The molecule has 1 fully saturated rings. The highest BCUT2D eigenvalue weighted by atomic mass is 16.5. The Balaban J connectivity index is 1.62. The summed E-state index contributed by atoms with van der Waals surface area (Å²) < 4.78 is 5.57. The summed E-state index contributed by atoms with van der Waals surface area (Å²) in [5, 5.41) is 3.01. The summed E-state index contributed by atoms with van der Waals surface area (Å²) in [4.78, 5) is 11.5. The second-order valence-corrected chi connectivity index (χ2v) is 4.57. The number of carbonyl (C=O) groups excluding carboxylic acids is 1. The van der Waals surface area contributed by atoms with Gasteiger partial charge in [0.25, 0.3) is 0 Å². The van der Waals surface area contributed by atoms with Crippen LogP contribution in [0.25, 0.3) is 0 Å². The van der Waals surface area contributed by atoms with Gasteiger partial charge >= 0.3 is 0 Å². The number of carbonyl (C=O) groups is 1. The fourth-order valence-electron chi connectivity index (χ4n) is 2.11. The highest BCUT2D eigenvalue weighted by Crippen LogP contribution is 2.33. The maximum absolute atomic E-state index is 11.5. The summed E-state index contributed by atoms with van der Waals surface area (Å²) in [5.74, 6) is 1.79. The molecule has 1 aliphatic heterocycles. The zero-order valence-corrected chi connectivity index (χ0v) is 9.11. The summed E-state index contributed by atoms with van der Waals surface area (Å²) in [5.41, 5.74) is 1.22. The molecule has 1 aromatic carbocycles. The van der Waals surface area contributed by atoms with E-state index in [0.29, 0.717) is 19.1 Å². The van der Waals surface area contributed by atoms with Crippen LogP contribution in [-0.2, 0) is 4.79 Å². The number of hydrogen-bond donors (Lipinski definition) is 1. The van der Waals surface area contributed by atoms with Crippen molar-refractivity contribution in [3.63, 3.8) is 0 Å². The van der Waals surface area contributed by atoms with Crippen molar-refractivity contribution in [1.82, 2.24) is 5.32 Å². The van der Waals surface area contributed by atoms with Crippen molar-refractivity contribution in [2.75, 3.05) is 13.2 Å². The number of fused-ring (bicyclic) bond motifs is 1. The van der Waals surface area contributed by atoms with E-state index in [9.17, 15) is 4.79 Å². The molecule has 1 amide bonds. The molecule has 0 radical (unpaired) electrons. The molecule has 1 saturated carbocycles.